The fourth-order valence-corrected chi connectivity index (χ4v) is 6.37. The summed E-state index contributed by atoms with van der Waals surface area (Å²) in [5, 5.41) is 0. The normalized spacial score (nSPS) is 14.1. The van der Waals surface area contributed by atoms with Gasteiger partial charge in [-0.3, -0.25) is 14.2 Å². The van der Waals surface area contributed by atoms with Crippen LogP contribution in [0.25, 0.3) is 0 Å². The Labute approximate surface area is 337 Å². The third kappa shape index (κ3) is 41.4. The second kappa shape index (κ2) is 37.5. The van der Waals surface area contributed by atoms with Gasteiger partial charge < -0.3 is 27.9 Å². The van der Waals surface area contributed by atoms with E-state index in [0.29, 0.717) is 23.9 Å². The summed E-state index contributed by atoms with van der Waals surface area (Å²) in [5.74, 6) is -0.899. The van der Waals surface area contributed by atoms with Crippen molar-refractivity contribution in [3.05, 3.63) is 48.6 Å². The van der Waals surface area contributed by atoms with Crippen LogP contribution in [-0.4, -0.2) is 70.0 Å². The van der Waals surface area contributed by atoms with E-state index in [1.54, 1.807) is 0 Å². The van der Waals surface area contributed by atoms with Crippen LogP contribution in [0.1, 0.15) is 174 Å². The lowest BCUT2D eigenvalue weighted by atomic mass is 10.0. The maximum absolute atomic E-state index is 12.6. The minimum atomic E-state index is -4.64. The quantitative estimate of drug-likeness (QED) is 0.0199. The van der Waals surface area contributed by atoms with Crippen molar-refractivity contribution >= 4 is 19.8 Å². The number of unbranched alkanes of at least 4 members (excludes halogenated alkanes) is 17. The number of nitrogens with zero attached hydrogens (tertiary/aromatic N) is 1. The monoisotopic (exact) mass is 796 g/mol. The molecule has 10 heteroatoms. The van der Waals surface area contributed by atoms with Gasteiger partial charge in [0, 0.05) is 12.8 Å². The molecule has 0 N–H and O–H groups in total. The molecule has 2 atom stereocenters. The maximum Gasteiger partial charge on any atom is 0.306 e. The molecule has 0 bridgehead atoms. The first-order valence-corrected chi connectivity index (χ1v) is 23.3. The molecule has 320 valence electrons. The van der Waals surface area contributed by atoms with E-state index in [1.807, 2.05) is 27.2 Å². The van der Waals surface area contributed by atoms with E-state index in [2.05, 4.69) is 56.4 Å². The summed E-state index contributed by atoms with van der Waals surface area (Å²) in [6, 6.07) is 0. The molecule has 1 unspecified atom stereocenters. The van der Waals surface area contributed by atoms with Crippen molar-refractivity contribution in [2.24, 2.45) is 0 Å². The molecule has 0 rings (SSSR count). The number of carbonyl (C=O) groups is 2. The highest BCUT2D eigenvalue weighted by molar-refractivity contribution is 7.45. The van der Waals surface area contributed by atoms with E-state index >= 15 is 0 Å². The lowest BCUT2D eigenvalue weighted by Gasteiger charge is -2.28. The summed E-state index contributed by atoms with van der Waals surface area (Å²) in [4.78, 5) is 37.5. The zero-order valence-electron chi connectivity index (χ0n) is 35.9. The number of phosphoric acid groups is 1. The van der Waals surface area contributed by atoms with Gasteiger partial charge in [0.1, 0.15) is 19.8 Å². The predicted molar refractivity (Wildman–Crippen MR) is 227 cm³/mol. The van der Waals surface area contributed by atoms with Gasteiger partial charge in [0.25, 0.3) is 7.82 Å². The second-order valence-electron chi connectivity index (χ2n) is 15.7. The number of ether oxygens (including phenoxy) is 2. The lowest BCUT2D eigenvalue weighted by Crippen LogP contribution is -2.37. The van der Waals surface area contributed by atoms with Crippen LogP contribution < -0.4 is 4.89 Å². The summed E-state index contributed by atoms with van der Waals surface area (Å²) in [6.45, 7) is 4.13. The Morgan fingerprint density at radius 2 is 1.00 bits per heavy atom. The molecule has 55 heavy (non-hydrogen) atoms. The summed E-state index contributed by atoms with van der Waals surface area (Å²) < 4.78 is 33.8. The lowest BCUT2D eigenvalue weighted by molar-refractivity contribution is -0.870. The van der Waals surface area contributed by atoms with Gasteiger partial charge in [-0.1, -0.05) is 159 Å². The Morgan fingerprint density at radius 3 is 1.51 bits per heavy atom. The average molecular weight is 796 g/mol. The molecule has 0 spiro atoms. The van der Waals surface area contributed by atoms with Crippen LogP contribution in [0.4, 0.5) is 0 Å². The van der Waals surface area contributed by atoms with Gasteiger partial charge in [-0.15, -0.1) is 0 Å². The third-order valence-electron chi connectivity index (χ3n) is 9.10. The van der Waals surface area contributed by atoms with Crippen LogP contribution in [0.3, 0.4) is 0 Å². The van der Waals surface area contributed by atoms with E-state index in [4.69, 9.17) is 18.5 Å². The fourth-order valence-electron chi connectivity index (χ4n) is 5.65. The van der Waals surface area contributed by atoms with Crippen LogP contribution >= 0.6 is 7.82 Å². The molecule has 0 aromatic heterocycles. The van der Waals surface area contributed by atoms with Crippen LogP contribution in [0.5, 0.6) is 0 Å². The van der Waals surface area contributed by atoms with Gasteiger partial charge in [-0.2, -0.15) is 0 Å². The van der Waals surface area contributed by atoms with Crippen molar-refractivity contribution in [3.63, 3.8) is 0 Å². The maximum atomic E-state index is 12.6. The molecule has 0 amide bonds. The highest BCUT2D eigenvalue weighted by Gasteiger charge is 2.21. The van der Waals surface area contributed by atoms with E-state index in [9.17, 15) is 19.0 Å². The highest BCUT2D eigenvalue weighted by atomic mass is 31.2. The van der Waals surface area contributed by atoms with Crippen LogP contribution in [0.2, 0.25) is 0 Å². The molecule has 0 aliphatic rings. The number of rotatable bonds is 39. The van der Waals surface area contributed by atoms with Gasteiger partial charge in [-0.05, 0) is 51.4 Å². The van der Waals surface area contributed by atoms with Crippen LogP contribution in [0.15, 0.2) is 48.6 Å². The highest BCUT2D eigenvalue weighted by Crippen LogP contribution is 2.38. The first-order chi connectivity index (χ1) is 26.5. The third-order valence-corrected chi connectivity index (χ3v) is 10.1. The fraction of sp³-hybridized carbons (Fsp3) is 0.778. The van der Waals surface area contributed by atoms with Gasteiger partial charge in [0.15, 0.2) is 6.10 Å². The smallest absolute Gasteiger partial charge is 0.306 e. The van der Waals surface area contributed by atoms with E-state index in [0.717, 1.165) is 38.5 Å². The molecule has 0 fully saturated rings. The molecule has 9 nitrogen and oxygen atoms in total. The van der Waals surface area contributed by atoms with E-state index in [1.165, 1.54) is 96.3 Å². The van der Waals surface area contributed by atoms with Gasteiger partial charge >= 0.3 is 11.9 Å². The molecular formula is C45H82NO8P. The average Bonchev–Trinajstić information content (AvgIpc) is 3.13. The summed E-state index contributed by atoms with van der Waals surface area (Å²) in [6.07, 6.45) is 42.8. The first kappa shape index (κ1) is 53.0. The number of quaternary nitrogens is 1. The Kier molecular flexibility index (Phi) is 36.2. The Hall–Kier alpha value is -2.03. The first-order valence-electron chi connectivity index (χ1n) is 21.8. The summed E-state index contributed by atoms with van der Waals surface area (Å²) in [5.41, 5.74) is 0. The van der Waals surface area contributed by atoms with Gasteiger partial charge in [-0.25, -0.2) is 0 Å². The molecule has 0 radical (unpaired) electrons. The topological polar surface area (TPSA) is 111 Å². The Balaban J connectivity index is 4.47. The number of hydrogen-bond donors (Lipinski definition) is 0. The van der Waals surface area contributed by atoms with Crippen molar-refractivity contribution in [1.82, 2.24) is 0 Å². The van der Waals surface area contributed by atoms with Gasteiger partial charge in [0.05, 0.1) is 27.7 Å². The molecule has 0 aromatic rings. The van der Waals surface area contributed by atoms with Crippen molar-refractivity contribution in [2.45, 2.75) is 180 Å². The minimum Gasteiger partial charge on any atom is -0.756 e. The molecule has 0 aromatic carbocycles. The zero-order valence-corrected chi connectivity index (χ0v) is 36.8. The molecule has 0 aliphatic heterocycles. The molecular weight excluding hydrogens is 713 g/mol. The molecule has 0 saturated carbocycles. The van der Waals surface area contributed by atoms with Crippen molar-refractivity contribution in [3.8, 4) is 0 Å². The van der Waals surface area contributed by atoms with Gasteiger partial charge in [0.2, 0.25) is 0 Å². The SMILES string of the molecule is CCCCC/C=C\C/C=C\C/C=C\C/C=C\CCCC(=O)O[C@H](COC(=O)CCCCCCCCCCCCCCCC)COP(=O)([O-])OCC[N+](C)(C)C. The summed E-state index contributed by atoms with van der Waals surface area (Å²) in [7, 11) is 1.13. The van der Waals surface area contributed by atoms with Crippen molar-refractivity contribution in [1.29, 1.82) is 0 Å². The zero-order chi connectivity index (χ0) is 40.7. The number of esters is 2. The molecule has 0 saturated heterocycles. The van der Waals surface area contributed by atoms with Crippen LogP contribution in [-0.2, 0) is 32.7 Å². The Morgan fingerprint density at radius 1 is 0.564 bits per heavy atom. The number of allylic oxidation sites excluding steroid dienone is 8. The number of likely N-dealkylation sites (N-methyl/N-ethyl adjacent to an activating group) is 1. The van der Waals surface area contributed by atoms with E-state index in [-0.39, 0.29) is 26.1 Å². The molecule has 0 aliphatic carbocycles. The number of phosphoric ester groups is 1. The largest absolute Gasteiger partial charge is 0.756 e. The Bertz CT molecular complexity index is 1080. The number of carbonyl (C=O) groups excluding carboxylic acids is 2. The molecule has 0 heterocycles. The second-order valence-corrected chi connectivity index (χ2v) is 17.1. The van der Waals surface area contributed by atoms with E-state index < -0.39 is 32.5 Å². The predicted octanol–water partition coefficient (Wildman–Crippen LogP) is 11.7. The van der Waals surface area contributed by atoms with Crippen LogP contribution in [0, 0.1) is 0 Å². The van der Waals surface area contributed by atoms with Crippen molar-refractivity contribution < 1.29 is 42.1 Å². The van der Waals surface area contributed by atoms with Crippen molar-refractivity contribution in [2.75, 3.05) is 47.5 Å². The number of hydrogen-bond acceptors (Lipinski definition) is 8. The minimum absolute atomic E-state index is 0.0413. The summed E-state index contributed by atoms with van der Waals surface area (Å²) >= 11 is 0. The standard InChI is InChI=1S/C45H82NO8P/c1-6-8-10-12-14-16-18-20-22-23-24-26-28-30-32-34-36-38-45(48)54-43(42-53-55(49,50)52-40-39-46(3,4)5)41-51-44(47)37-35-33-31-29-27-25-21-19-17-15-13-11-9-7-2/h14,16,20,22,24,26,30,32,43H,6-13,15,17-19,21,23,25,27-29,31,33-42H2,1-5H3/b16-14-,22-20-,26-24-,32-30-/t43-/m1/s1.